The predicted molar refractivity (Wildman–Crippen MR) is 106 cm³/mol. The van der Waals surface area contributed by atoms with Crippen molar-refractivity contribution in [1.29, 1.82) is 0 Å². The topological polar surface area (TPSA) is 62.4 Å². The predicted octanol–water partition coefficient (Wildman–Crippen LogP) is 2.80. The number of carbonyl (C=O) groups is 1. The molecule has 6 heteroatoms. The molecule has 0 bridgehead atoms. The van der Waals surface area contributed by atoms with E-state index in [1.165, 1.54) is 0 Å². The molecule has 0 aliphatic carbocycles. The normalized spacial score (nSPS) is 16.5. The van der Waals surface area contributed by atoms with Crippen molar-refractivity contribution >= 4 is 23.2 Å². The fourth-order valence-electron chi connectivity index (χ4n) is 2.91. The molecule has 0 spiro atoms. The Balaban J connectivity index is 1.83. The quantitative estimate of drug-likeness (QED) is 0.710. The van der Waals surface area contributed by atoms with E-state index in [1.807, 2.05) is 61.5 Å². The number of amides is 1. The molecule has 0 saturated heterocycles. The zero-order valence-electron chi connectivity index (χ0n) is 14.7. The Hall–Kier alpha value is -2.86. The largest absolute Gasteiger partial charge is 0.497 e. The number of benzene rings is 2. The first kappa shape index (κ1) is 17.9. The van der Waals surface area contributed by atoms with E-state index in [2.05, 4.69) is 16.0 Å². The molecule has 5 nitrogen and oxygen atoms in total. The lowest BCUT2D eigenvalue weighted by Gasteiger charge is -2.30. The van der Waals surface area contributed by atoms with Crippen molar-refractivity contribution in [2.75, 3.05) is 7.11 Å². The molecule has 2 aromatic carbocycles. The number of allylic oxidation sites excluding steroid dienone is 1. The number of methoxy groups -OCH3 is 1. The fraction of sp³-hybridized carbons (Fsp3) is 0.200. The summed E-state index contributed by atoms with van der Waals surface area (Å²) in [7, 11) is 1.62. The molecule has 0 aromatic heterocycles. The van der Waals surface area contributed by atoms with Gasteiger partial charge in [-0.05, 0) is 42.4 Å². The third kappa shape index (κ3) is 4.03. The summed E-state index contributed by atoms with van der Waals surface area (Å²) in [5.74, 6) is 0.635. The molecular weight excluding hydrogens is 346 g/mol. The lowest BCUT2D eigenvalue weighted by Crippen LogP contribution is -2.46. The van der Waals surface area contributed by atoms with E-state index in [4.69, 9.17) is 17.0 Å². The van der Waals surface area contributed by atoms with E-state index < -0.39 is 0 Å². The molecule has 1 heterocycles. The smallest absolute Gasteiger partial charge is 0.251 e. The minimum atomic E-state index is -0.314. The summed E-state index contributed by atoms with van der Waals surface area (Å²) in [6.45, 7) is 2.33. The summed E-state index contributed by atoms with van der Waals surface area (Å²) in [6, 6.07) is 17.1. The number of rotatable bonds is 5. The molecule has 134 valence electrons. The molecule has 1 aliphatic heterocycles. The van der Waals surface area contributed by atoms with Crippen LogP contribution in [0.15, 0.2) is 65.9 Å². The highest BCUT2D eigenvalue weighted by Gasteiger charge is 2.29. The van der Waals surface area contributed by atoms with Gasteiger partial charge in [-0.1, -0.05) is 42.5 Å². The molecule has 1 amide bonds. The van der Waals surface area contributed by atoms with Crippen LogP contribution in [0.25, 0.3) is 0 Å². The van der Waals surface area contributed by atoms with Crippen LogP contribution in [0, 0.1) is 0 Å². The van der Waals surface area contributed by atoms with Crippen LogP contribution in [-0.4, -0.2) is 18.1 Å². The van der Waals surface area contributed by atoms with Crippen LogP contribution in [0.1, 0.15) is 24.1 Å². The van der Waals surface area contributed by atoms with E-state index in [1.54, 1.807) is 7.11 Å². The van der Waals surface area contributed by atoms with Crippen molar-refractivity contribution in [3.63, 3.8) is 0 Å². The van der Waals surface area contributed by atoms with Crippen LogP contribution < -0.4 is 20.7 Å². The summed E-state index contributed by atoms with van der Waals surface area (Å²) in [5, 5.41) is 9.73. The number of thiocarbonyl (C=S) groups is 1. The number of hydrogen-bond acceptors (Lipinski definition) is 3. The molecule has 2 aromatic rings. The third-order valence-electron chi connectivity index (χ3n) is 4.26. The van der Waals surface area contributed by atoms with Crippen LogP contribution in [0.5, 0.6) is 5.75 Å². The number of ether oxygens (including phenoxy) is 1. The van der Waals surface area contributed by atoms with Gasteiger partial charge in [-0.2, -0.15) is 0 Å². The van der Waals surface area contributed by atoms with Crippen molar-refractivity contribution in [3.05, 3.63) is 77.0 Å². The Morgan fingerprint density at radius 2 is 1.85 bits per heavy atom. The summed E-state index contributed by atoms with van der Waals surface area (Å²) in [4.78, 5) is 12.9. The monoisotopic (exact) mass is 367 g/mol. The Kier molecular flexibility index (Phi) is 5.53. The highest BCUT2D eigenvalue weighted by Crippen LogP contribution is 2.28. The highest BCUT2D eigenvalue weighted by molar-refractivity contribution is 7.80. The molecule has 3 rings (SSSR count). The van der Waals surface area contributed by atoms with Gasteiger partial charge in [-0.3, -0.25) is 4.79 Å². The minimum absolute atomic E-state index is 0.130. The number of carbonyl (C=O) groups excluding carboxylic acids is 1. The molecule has 26 heavy (non-hydrogen) atoms. The maximum absolute atomic E-state index is 12.9. The standard InChI is InChI=1S/C20H21N3O2S/c1-13-17(19(24)21-12-14-6-4-3-5-7-14)18(23-20(26)22-13)15-8-10-16(25-2)11-9-15/h3-11,18H,12H2,1-2H3,(H,21,24)(H2,22,23,26)/t18-/m0/s1. The van der Waals surface area contributed by atoms with Crippen LogP contribution >= 0.6 is 12.2 Å². The van der Waals surface area contributed by atoms with Gasteiger partial charge >= 0.3 is 0 Å². The zero-order chi connectivity index (χ0) is 18.5. The maximum atomic E-state index is 12.9. The lowest BCUT2D eigenvalue weighted by molar-refractivity contribution is -0.118. The van der Waals surface area contributed by atoms with E-state index >= 15 is 0 Å². The van der Waals surface area contributed by atoms with Gasteiger partial charge in [0.15, 0.2) is 5.11 Å². The van der Waals surface area contributed by atoms with E-state index in [0.717, 1.165) is 22.6 Å². The fourth-order valence-corrected chi connectivity index (χ4v) is 3.19. The van der Waals surface area contributed by atoms with Crippen molar-refractivity contribution in [2.45, 2.75) is 19.5 Å². The molecular formula is C20H21N3O2S. The second-order valence-electron chi connectivity index (χ2n) is 6.01. The summed E-state index contributed by atoms with van der Waals surface area (Å²) in [5.41, 5.74) is 3.37. The third-order valence-corrected chi connectivity index (χ3v) is 4.48. The first-order valence-corrected chi connectivity index (χ1v) is 8.73. The van der Waals surface area contributed by atoms with Gasteiger partial charge in [0.25, 0.3) is 5.91 Å². The van der Waals surface area contributed by atoms with Crippen LogP contribution in [0.2, 0.25) is 0 Å². The summed E-state index contributed by atoms with van der Waals surface area (Å²) in [6.07, 6.45) is 0. The molecule has 1 aliphatic rings. The second kappa shape index (κ2) is 8.01. The highest BCUT2D eigenvalue weighted by atomic mass is 32.1. The van der Waals surface area contributed by atoms with Gasteiger partial charge in [-0.15, -0.1) is 0 Å². The molecule has 1 atom stereocenters. The van der Waals surface area contributed by atoms with Crippen LogP contribution in [0.4, 0.5) is 0 Å². The second-order valence-corrected chi connectivity index (χ2v) is 6.42. The molecule has 0 saturated carbocycles. The Labute approximate surface area is 158 Å². The van der Waals surface area contributed by atoms with Crippen molar-refractivity contribution in [3.8, 4) is 5.75 Å². The molecule has 0 radical (unpaired) electrons. The van der Waals surface area contributed by atoms with Gasteiger partial charge in [0, 0.05) is 12.2 Å². The van der Waals surface area contributed by atoms with Crippen molar-refractivity contribution < 1.29 is 9.53 Å². The van der Waals surface area contributed by atoms with Gasteiger partial charge in [-0.25, -0.2) is 0 Å². The van der Waals surface area contributed by atoms with Crippen LogP contribution in [0.3, 0.4) is 0 Å². The maximum Gasteiger partial charge on any atom is 0.251 e. The van der Waals surface area contributed by atoms with E-state index in [-0.39, 0.29) is 11.9 Å². The summed E-state index contributed by atoms with van der Waals surface area (Å²) >= 11 is 5.28. The van der Waals surface area contributed by atoms with Crippen molar-refractivity contribution in [1.82, 2.24) is 16.0 Å². The zero-order valence-corrected chi connectivity index (χ0v) is 15.5. The summed E-state index contributed by atoms with van der Waals surface area (Å²) < 4.78 is 5.21. The minimum Gasteiger partial charge on any atom is -0.497 e. The lowest BCUT2D eigenvalue weighted by atomic mass is 9.95. The van der Waals surface area contributed by atoms with Gasteiger partial charge in [0.05, 0.1) is 18.7 Å². The molecule has 3 N–H and O–H groups in total. The van der Waals surface area contributed by atoms with Crippen molar-refractivity contribution in [2.24, 2.45) is 0 Å². The molecule has 0 unspecified atom stereocenters. The Morgan fingerprint density at radius 1 is 1.15 bits per heavy atom. The number of hydrogen-bond donors (Lipinski definition) is 3. The van der Waals surface area contributed by atoms with Crippen LogP contribution in [-0.2, 0) is 11.3 Å². The van der Waals surface area contributed by atoms with Gasteiger partial charge < -0.3 is 20.7 Å². The Bertz CT molecular complexity index is 832. The van der Waals surface area contributed by atoms with E-state index in [0.29, 0.717) is 17.2 Å². The Morgan fingerprint density at radius 3 is 2.50 bits per heavy atom. The first-order valence-electron chi connectivity index (χ1n) is 8.33. The van der Waals surface area contributed by atoms with Gasteiger partial charge in [0.1, 0.15) is 5.75 Å². The molecule has 0 fully saturated rings. The number of nitrogens with one attached hydrogen (secondary N) is 3. The average molecular weight is 367 g/mol. The first-order chi connectivity index (χ1) is 12.6. The SMILES string of the molecule is COc1ccc([C@@H]2NC(=S)NC(C)=C2C(=O)NCc2ccccc2)cc1. The van der Waals surface area contributed by atoms with Gasteiger partial charge in [0.2, 0.25) is 0 Å². The van der Waals surface area contributed by atoms with E-state index in [9.17, 15) is 4.79 Å². The average Bonchev–Trinajstić information content (AvgIpc) is 2.66.